The lowest BCUT2D eigenvalue weighted by Gasteiger charge is -2.22. The molecule has 0 aromatic heterocycles. The van der Waals surface area contributed by atoms with Gasteiger partial charge in [0.1, 0.15) is 0 Å². The fourth-order valence-corrected chi connectivity index (χ4v) is 3.17. The van der Waals surface area contributed by atoms with Gasteiger partial charge in [0.05, 0.1) is 5.69 Å². The monoisotopic (exact) mass is 245 g/mol. The molecular weight excluding hydrogens is 230 g/mol. The van der Waals surface area contributed by atoms with Crippen LogP contribution in [0.25, 0.3) is 0 Å². The predicted molar refractivity (Wildman–Crippen MR) is 75.3 cm³/mol. The highest BCUT2D eigenvalue weighted by molar-refractivity contribution is 8.14. The Labute approximate surface area is 106 Å². The fourth-order valence-electron chi connectivity index (χ4n) is 2.11. The van der Waals surface area contributed by atoms with E-state index in [4.69, 9.17) is 0 Å². The van der Waals surface area contributed by atoms with Crippen molar-refractivity contribution in [2.45, 2.75) is 11.3 Å². The van der Waals surface area contributed by atoms with E-state index in [0.29, 0.717) is 0 Å². The van der Waals surface area contributed by atoms with Crippen molar-refractivity contribution in [1.29, 1.82) is 0 Å². The first-order chi connectivity index (χ1) is 8.38. The van der Waals surface area contributed by atoms with Gasteiger partial charge in [-0.05, 0) is 36.4 Å². The number of amidine groups is 1. The summed E-state index contributed by atoms with van der Waals surface area (Å²) in [6, 6.07) is 6.50. The van der Waals surface area contributed by atoms with Crippen molar-refractivity contribution in [3.05, 3.63) is 30.9 Å². The smallest absolute Gasteiger partial charge is 0.168 e. The summed E-state index contributed by atoms with van der Waals surface area (Å²) in [5.74, 6) is 0. The van der Waals surface area contributed by atoms with Gasteiger partial charge in [-0.2, -0.15) is 0 Å². The van der Waals surface area contributed by atoms with Crippen LogP contribution in [0.4, 0.5) is 11.4 Å². The largest absolute Gasteiger partial charge is 0.382 e. The Morgan fingerprint density at radius 3 is 3.35 bits per heavy atom. The molecule has 2 aliphatic heterocycles. The molecule has 2 aliphatic rings. The Morgan fingerprint density at radius 2 is 2.47 bits per heavy atom. The zero-order chi connectivity index (χ0) is 11.7. The number of aliphatic imine (C=N–C) groups is 1. The molecule has 0 aliphatic carbocycles. The Bertz CT molecular complexity index is 482. The number of hydrogen-bond acceptors (Lipinski definition) is 4. The second-order valence-electron chi connectivity index (χ2n) is 4.12. The van der Waals surface area contributed by atoms with Crippen LogP contribution in [-0.4, -0.2) is 24.8 Å². The van der Waals surface area contributed by atoms with E-state index in [1.54, 1.807) is 11.8 Å². The zero-order valence-electron chi connectivity index (χ0n) is 9.65. The van der Waals surface area contributed by atoms with Crippen LogP contribution in [-0.2, 0) is 0 Å². The second kappa shape index (κ2) is 4.45. The van der Waals surface area contributed by atoms with E-state index in [1.165, 1.54) is 10.6 Å². The van der Waals surface area contributed by atoms with Crippen LogP contribution >= 0.6 is 11.8 Å². The Morgan fingerprint density at radius 1 is 1.53 bits per heavy atom. The SMILES string of the molecule is C=CCNc1ccc2c(c1)N1CCCN=C1S2. The summed E-state index contributed by atoms with van der Waals surface area (Å²) in [5.41, 5.74) is 2.44. The van der Waals surface area contributed by atoms with Crippen LogP contribution in [0.5, 0.6) is 0 Å². The van der Waals surface area contributed by atoms with Gasteiger partial charge in [0.2, 0.25) is 0 Å². The van der Waals surface area contributed by atoms with E-state index in [0.717, 1.165) is 36.9 Å². The molecule has 3 rings (SSSR count). The lowest BCUT2D eigenvalue weighted by atomic mass is 10.2. The molecular formula is C13H15N3S. The third-order valence-corrected chi connectivity index (χ3v) is 4.02. The van der Waals surface area contributed by atoms with Gasteiger partial charge in [-0.3, -0.25) is 4.99 Å². The standard InChI is InChI=1S/C13H15N3S/c1-2-6-14-10-4-5-12-11(9-10)16-8-3-7-15-13(16)17-12/h2,4-5,9,14H,1,3,6-8H2. The van der Waals surface area contributed by atoms with Crippen molar-refractivity contribution in [3.63, 3.8) is 0 Å². The third-order valence-electron chi connectivity index (χ3n) is 2.92. The number of thioether (sulfide) groups is 1. The van der Waals surface area contributed by atoms with Crippen molar-refractivity contribution in [3.8, 4) is 0 Å². The van der Waals surface area contributed by atoms with Crippen LogP contribution in [0.1, 0.15) is 6.42 Å². The molecule has 4 heteroatoms. The van der Waals surface area contributed by atoms with Crippen LogP contribution in [0.2, 0.25) is 0 Å². The zero-order valence-corrected chi connectivity index (χ0v) is 10.5. The van der Waals surface area contributed by atoms with Crippen molar-refractivity contribution in [2.75, 3.05) is 29.9 Å². The minimum atomic E-state index is 0.798. The Hall–Kier alpha value is -1.42. The molecule has 0 saturated heterocycles. The molecule has 0 atom stereocenters. The maximum atomic E-state index is 4.57. The van der Waals surface area contributed by atoms with E-state index in [9.17, 15) is 0 Å². The summed E-state index contributed by atoms with van der Waals surface area (Å²) in [5, 5.41) is 4.49. The molecule has 17 heavy (non-hydrogen) atoms. The van der Waals surface area contributed by atoms with Gasteiger partial charge in [-0.15, -0.1) is 6.58 Å². The number of nitrogens with one attached hydrogen (secondary N) is 1. The van der Waals surface area contributed by atoms with E-state index in [1.807, 2.05) is 6.08 Å². The van der Waals surface area contributed by atoms with E-state index < -0.39 is 0 Å². The average Bonchev–Trinajstić information content (AvgIpc) is 2.74. The molecule has 0 amide bonds. The summed E-state index contributed by atoms with van der Waals surface area (Å²) in [6.07, 6.45) is 3.02. The number of rotatable bonds is 3. The molecule has 1 N–H and O–H groups in total. The quantitative estimate of drug-likeness (QED) is 0.830. The van der Waals surface area contributed by atoms with Crippen molar-refractivity contribution < 1.29 is 0 Å². The number of anilines is 2. The molecule has 0 spiro atoms. The molecule has 3 nitrogen and oxygen atoms in total. The normalized spacial score (nSPS) is 17.2. The lowest BCUT2D eigenvalue weighted by molar-refractivity contribution is 0.798. The first kappa shape index (κ1) is 10.7. The maximum Gasteiger partial charge on any atom is 0.168 e. The summed E-state index contributed by atoms with van der Waals surface area (Å²) >= 11 is 1.78. The maximum absolute atomic E-state index is 4.57. The molecule has 1 aromatic carbocycles. The van der Waals surface area contributed by atoms with E-state index in [-0.39, 0.29) is 0 Å². The molecule has 0 fully saturated rings. The van der Waals surface area contributed by atoms with Gasteiger partial charge in [0.15, 0.2) is 5.17 Å². The molecule has 1 aromatic rings. The van der Waals surface area contributed by atoms with Crippen LogP contribution in [0.15, 0.2) is 40.7 Å². The summed E-state index contributed by atoms with van der Waals surface area (Å²) < 4.78 is 0. The second-order valence-corrected chi connectivity index (χ2v) is 5.13. The number of benzene rings is 1. The average molecular weight is 245 g/mol. The van der Waals surface area contributed by atoms with Crippen LogP contribution in [0, 0.1) is 0 Å². The van der Waals surface area contributed by atoms with Crippen molar-refractivity contribution >= 4 is 28.3 Å². The highest BCUT2D eigenvalue weighted by Crippen LogP contribution is 2.42. The van der Waals surface area contributed by atoms with Gasteiger partial charge in [-0.1, -0.05) is 6.08 Å². The minimum absolute atomic E-state index is 0.798. The van der Waals surface area contributed by atoms with Crippen molar-refractivity contribution in [1.82, 2.24) is 0 Å². The molecule has 0 saturated carbocycles. The minimum Gasteiger partial charge on any atom is -0.382 e. The molecule has 0 unspecified atom stereocenters. The lowest BCUT2D eigenvalue weighted by Crippen LogP contribution is -2.30. The first-order valence-electron chi connectivity index (χ1n) is 5.87. The van der Waals surface area contributed by atoms with E-state index >= 15 is 0 Å². The number of hydrogen-bond donors (Lipinski definition) is 1. The molecule has 88 valence electrons. The van der Waals surface area contributed by atoms with Crippen LogP contribution in [0.3, 0.4) is 0 Å². The molecule has 0 radical (unpaired) electrons. The van der Waals surface area contributed by atoms with E-state index in [2.05, 4.69) is 40.0 Å². The summed E-state index contributed by atoms with van der Waals surface area (Å²) in [4.78, 5) is 8.20. The highest BCUT2D eigenvalue weighted by Gasteiger charge is 2.28. The summed E-state index contributed by atoms with van der Waals surface area (Å²) in [7, 11) is 0. The van der Waals surface area contributed by atoms with Crippen molar-refractivity contribution in [2.24, 2.45) is 4.99 Å². The van der Waals surface area contributed by atoms with Gasteiger partial charge < -0.3 is 10.2 Å². The third kappa shape index (κ3) is 1.93. The van der Waals surface area contributed by atoms with Gasteiger partial charge >= 0.3 is 0 Å². The Kier molecular flexibility index (Phi) is 2.81. The highest BCUT2D eigenvalue weighted by atomic mass is 32.2. The topological polar surface area (TPSA) is 27.6 Å². The van der Waals surface area contributed by atoms with Gasteiger partial charge in [-0.25, -0.2) is 0 Å². The molecule has 2 heterocycles. The number of nitrogens with zero attached hydrogens (tertiary/aromatic N) is 2. The summed E-state index contributed by atoms with van der Waals surface area (Å²) in [6.45, 7) is 6.57. The fraction of sp³-hybridized carbons (Fsp3) is 0.308. The first-order valence-corrected chi connectivity index (χ1v) is 6.69. The number of fused-ring (bicyclic) bond motifs is 3. The van der Waals surface area contributed by atoms with Gasteiger partial charge in [0.25, 0.3) is 0 Å². The molecule has 0 bridgehead atoms. The predicted octanol–water partition coefficient (Wildman–Crippen LogP) is 2.96. The Balaban J connectivity index is 1.91. The van der Waals surface area contributed by atoms with Crippen LogP contribution < -0.4 is 10.2 Å². The van der Waals surface area contributed by atoms with Gasteiger partial charge in [0, 0.05) is 30.2 Å².